The summed E-state index contributed by atoms with van der Waals surface area (Å²) in [5.41, 5.74) is 0.280. The lowest BCUT2D eigenvalue weighted by molar-refractivity contribution is 0.266. The Morgan fingerprint density at radius 2 is 1.65 bits per heavy atom. The van der Waals surface area contributed by atoms with Crippen LogP contribution >= 0.6 is 0 Å². The molecule has 17 heavy (non-hydrogen) atoms. The quantitative estimate of drug-likeness (QED) is 0.713. The fourth-order valence-corrected chi connectivity index (χ4v) is 3.18. The van der Waals surface area contributed by atoms with Crippen molar-refractivity contribution in [3.05, 3.63) is 0 Å². The molecule has 0 aliphatic heterocycles. The molecule has 0 bridgehead atoms. The molecule has 2 unspecified atom stereocenters. The summed E-state index contributed by atoms with van der Waals surface area (Å²) in [7, 11) is 0. The van der Waals surface area contributed by atoms with Crippen molar-refractivity contribution in [1.29, 1.82) is 0 Å². The highest BCUT2D eigenvalue weighted by Crippen LogP contribution is 2.37. The minimum Gasteiger partial charge on any atom is -0.312 e. The fourth-order valence-electron chi connectivity index (χ4n) is 3.18. The van der Waals surface area contributed by atoms with E-state index in [0.29, 0.717) is 0 Å². The molecule has 1 N–H and O–H groups in total. The van der Waals surface area contributed by atoms with Crippen molar-refractivity contribution in [1.82, 2.24) is 5.32 Å². The Morgan fingerprint density at radius 3 is 2.18 bits per heavy atom. The zero-order chi connectivity index (χ0) is 12.9. The molecule has 0 saturated heterocycles. The second kappa shape index (κ2) is 6.78. The van der Waals surface area contributed by atoms with Crippen molar-refractivity contribution in [2.24, 2.45) is 17.8 Å². The molecule has 0 heterocycles. The lowest BCUT2D eigenvalue weighted by Crippen LogP contribution is -2.40. The topological polar surface area (TPSA) is 12.0 Å². The third-order valence-corrected chi connectivity index (χ3v) is 4.50. The average Bonchev–Trinajstić information content (AvgIpc) is 2.69. The van der Waals surface area contributed by atoms with E-state index in [1.807, 2.05) is 0 Å². The van der Waals surface area contributed by atoms with Crippen LogP contribution in [0, 0.1) is 17.8 Å². The molecule has 1 saturated carbocycles. The Morgan fingerprint density at radius 1 is 1.06 bits per heavy atom. The van der Waals surface area contributed by atoms with Gasteiger partial charge in [0.25, 0.3) is 0 Å². The monoisotopic (exact) mass is 239 g/mol. The van der Waals surface area contributed by atoms with Crippen molar-refractivity contribution in [2.75, 3.05) is 6.54 Å². The highest BCUT2D eigenvalue weighted by atomic mass is 14.9. The lowest BCUT2D eigenvalue weighted by Gasteiger charge is -2.28. The third-order valence-electron chi connectivity index (χ3n) is 4.50. The zero-order valence-electron chi connectivity index (χ0n) is 12.7. The molecule has 1 rings (SSSR count). The van der Waals surface area contributed by atoms with Crippen molar-refractivity contribution in [3.63, 3.8) is 0 Å². The molecule has 1 fully saturated rings. The van der Waals surface area contributed by atoms with E-state index in [-0.39, 0.29) is 5.54 Å². The van der Waals surface area contributed by atoms with Crippen molar-refractivity contribution >= 4 is 0 Å². The Kier molecular flexibility index (Phi) is 5.99. The minimum absolute atomic E-state index is 0.280. The predicted molar refractivity (Wildman–Crippen MR) is 77.3 cm³/mol. The Bertz CT molecular complexity index is 200. The van der Waals surface area contributed by atoms with E-state index in [2.05, 4.69) is 39.9 Å². The molecule has 0 aromatic heterocycles. The van der Waals surface area contributed by atoms with Crippen LogP contribution in [0.5, 0.6) is 0 Å². The molecule has 1 heteroatoms. The van der Waals surface area contributed by atoms with Crippen LogP contribution in [0.4, 0.5) is 0 Å². The number of hydrogen-bond donors (Lipinski definition) is 1. The molecule has 1 aliphatic carbocycles. The maximum atomic E-state index is 3.70. The molecule has 0 aromatic carbocycles. The van der Waals surface area contributed by atoms with Crippen molar-refractivity contribution < 1.29 is 0 Å². The van der Waals surface area contributed by atoms with Gasteiger partial charge in [0, 0.05) is 5.54 Å². The van der Waals surface area contributed by atoms with Crippen LogP contribution in [-0.4, -0.2) is 12.1 Å². The van der Waals surface area contributed by atoms with Crippen LogP contribution < -0.4 is 5.32 Å². The molecule has 1 aliphatic rings. The fraction of sp³-hybridized carbons (Fsp3) is 1.00. The molecule has 2 atom stereocenters. The summed E-state index contributed by atoms with van der Waals surface area (Å²) < 4.78 is 0. The first-order valence-electron chi connectivity index (χ1n) is 7.71. The van der Waals surface area contributed by atoms with Gasteiger partial charge in [0.15, 0.2) is 0 Å². The van der Waals surface area contributed by atoms with Crippen LogP contribution in [0.2, 0.25) is 0 Å². The van der Waals surface area contributed by atoms with E-state index in [1.165, 1.54) is 45.1 Å². The average molecular weight is 239 g/mol. The largest absolute Gasteiger partial charge is 0.312 e. The second-order valence-corrected chi connectivity index (χ2v) is 7.00. The third kappa shape index (κ3) is 5.42. The number of nitrogens with one attached hydrogen (secondary N) is 1. The Balaban J connectivity index is 2.38. The van der Waals surface area contributed by atoms with Gasteiger partial charge in [-0.1, -0.05) is 39.5 Å². The van der Waals surface area contributed by atoms with Crippen molar-refractivity contribution in [2.45, 2.75) is 78.7 Å². The van der Waals surface area contributed by atoms with Gasteiger partial charge in [-0.05, 0) is 57.9 Å². The summed E-state index contributed by atoms with van der Waals surface area (Å²) in [5.74, 6) is 2.90. The molecule has 0 amide bonds. The molecule has 0 aromatic rings. The van der Waals surface area contributed by atoms with Gasteiger partial charge in [-0.2, -0.15) is 0 Å². The lowest BCUT2D eigenvalue weighted by atomic mass is 9.84. The summed E-state index contributed by atoms with van der Waals surface area (Å²) >= 11 is 0. The van der Waals surface area contributed by atoms with Gasteiger partial charge in [-0.15, -0.1) is 0 Å². The van der Waals surface area contributed by atoms with Crippen LogP contribution in [-0.2, 0) is 0 Å². The predicted octanol–water partition coefficient (Wildman–Crippen LogP) is 4.62. The van der Waals surface area contributed by atoms with Crippen molar-refractivity contribution in [3.8, 4) is 0 Å². The smallest absolute Gasteiger partial charge is 0.00966 e. The minimum atomic E-state index is 0.280. The van der Waals surface area contributed by atoms with Gasteiger partial charge in [0.2, 0.25) is 0 Å². The van der Waals surface area contributed by atoms with E-state index >= 15 is 0 Å². The number of rotatable bonds is 6. The molecular formula is C16H33N. The van der Waals surface area contributed by atoms with Crippen LogP contribution in [0.3, 0.4) is 0 Å². The van der Waals surface area contributed by atoms with Crippen LogP contribution in [0.15, 0.2) is 0 Å². The van der Waals surface area contributed by atoms with Gasteiger partial charge in [-0.3, -0.25) is 0 Å². The summed E-state index contributed by atoms with van der Waals surface area (Å²) in [6.07, 6.45) is 8.60. The van der Waals surface area contributed by atoms with Crippen LogP contribution in [0.1, 0.15) is 73.1 Å². The molecule has 1 nitrogen and oxygen atoms in total. The normalized spacial score (nSPS) is 25.8. The van der Waals surface area contributed by atoms with Gasteiger partial charge in [-0.25, -0.2) is 0 Å². The summed E-state index contributed by atoms with van der Waals surface area (Å²) in [6, 6.07) is 0. The maximum absolute atomic E-state index is 3.70. The SMILES string of the molecule is CCC(CC)CC1CCCC1CNC(C)(C)C. The maximum Gasteiger partial charge on any atom is 0.00966 e. The van der Waals surface area contributed by atoms with Gasteiger partial charge in [0.1, 0.15) is 0 Å². The van der Waals surface area contributed by atoms with E-state index in [4.69, 9.17) is 0 Å². The van der Waals surface area contributed by atoms with E-state index in [9.17, 15) is 0 Å². The van der Waals surface area contributed by atoms with Gasteiger partial charge < -0.3 is 5.32 Å². The first kappa shape index (κ1) is 15.0. The first-order chi connectivity index (χ1) is 7.96. The first-order valence-corrected chi connectivity index (χ1v) is 7.71. The zero-order valence-corrected chi connectivity index (χ0v) is 12.7. The number of hydrogen-bond acceptors (Lipinski definition) is 1. The van der Waals surface area contributed by atoms with Crippen LogP contribution in [0.25, 0.3) is 0 Å². The second-order valence-electron chi connectivity index (χ2n) is 7.00. The summed E-state index contributed by atoms with van der Waals surface area (Å²) in [6.45, 7) is 12.8. The molecule has 0 spiro atoms. The highest BCUT2D eigenvalue weighted by molar-refractivity contribution is 4.83. The summed E-state index contributed by atoms with van der Waals surface area (Å²) in [5, 5.41) is 3.70. The summed E-state index contributed by atoms with van der Waals surface area (Å²) in [4.78, 5) is 0. The molecular weight excluding hydrogens is 206 g/mol. The highest BCUT2D eigenvalue weighted by Gasteiger charge is 2.29. The van der Waals surface area contributed by atoms with E-state index in [0.717, 1.165) is 17.8 Å². The Labute approximate surface area is 109 Å². The Hall–Kier alpha value is -0.0400. The molecule has 0 radical (unpaired) electrons. The van der Waals surface area contributed by atoms with Gasteiger partial charge >= 0.3 is 0 Å². The van der Waals surface area contributed by atoms with E-state index < -0.39 is 0 Å². The standard InChI is InChI=1S/C16H33N/c1-6-13(7-2)11-14-9-8-10-15(14)12-17-16(3,4)5/h13-15,17H,6-12H2,1-5H3. The van der Waals surface area contributed by atoms with E-state index in [1.54, 1.807) is 0 Å². The molecule has 102 valence electrons. The van der Waals surface area contributed by atoms with Gasteiger partial charge in [0.05, 0.1) is 0 Å².